The van der Waals surface area contributed by atoms with Crippen molar-refractivity contribution in [3.05, 3.63) is 57.1 Å². The van der Waals surface area contributed by atoms with Crippen molar-refractivity contribution in [3.8, 4) is 0 Å². The summed E-state index contributed by atoms with van der Waals surface area (Å²) < 4.78 is 11.0. The third-order valence-electron chi connectivity index (χ3n) is 3.59. The van der Waals surface area contributed by atoms with Crippen LogP contribution in [0.15, 0.2) is 40.8 Å². The van der Waals surface area contributed by atoms with Gasteiger partial charge in [0.2, 0.25) is 0 Å². The third-order valence-corrected chi connectivity index (χ3v) is 4.17. The van der Waals surface area contributed by atoms with Gasteiger partial charge in [0.25, 0.3) is 5.91 Å². The molecule has 0 radical (unpaired) electrons. The van der Waals surface area contributed by atoms with Crippen LogP contribution in [0, 0.1) is 3.77 Å². The van der Waals surface area contributed by atoms with E-state index in [9.17, 15) is 9.59 Å². The van der Waals surface area contributed by atoms with Gasteiger partial charge in [0, 0.05) is 11.8 Å². The first kappa shape index (κ1) is 19.2. The molecule has 0 aliphatic rings. The third kappa shape index (κ3) is 5.74. The van der Waals surface area contributed by atoms with Gasteiger partial charge in [0.1, 0.15) is 5.76 Å². The summed E-state index contributed by atoms with van der Waals surface area (Å²) in [6, 6.07) is 9.47. The quantitative estimate of drug-likeness (QED) is 0.388. The topological polar surface area (TPSA) is 68.5 Å². The fourth-order valence-corrected chi connectivity index (χ4v) is 2.77. The molecular weight excluding hydrogens is 433 g/mol. The fourth-order valence-electron chi connectivity index (χ4n) is 2.33. The lowest BCUT2D eigenvalue weighted by Gasteiger charge is -2.14. The van der Waals surface area contributed by atoms with Gasteiger partial charge in [-0.25, -0.2) is 4.79 Å². The van der Waals surface area contributed by atoms with Gasteiger partial charge in [-0.05, 0) is 64.8 Å². The molecule has 2 aromatic rings. The van der Waals surface area contributed by atoms with Gasteiger partial charge in [0.05, 0.1) is 0 Å². The largest absolute Gasteiger partial charge is 0.452 e. The zero-order valence-electron chi connectivity index (χ0n) is 14.2. The minimum Gasteiger partial charge on any atom is -0.452 e. The first-order valence-corrected chi connectivity index (χ1v) is 9.12. The van der Waals surface area contributed by atoms with E-state index in [0.717, 1.165) is 33.4 Å². The maximum atomic E-state index is 12.1. The molecule has 6 heteroatoms. The number of anilines is 1. The van der Waals surface area contributed by atoms with Crippen molar-refractivity contribution in [2.24, 2.45) is 0 Å². The van der Waals surface area contributed by atoms with E-state index in [1.807, 2.05) is 54.6 Å². The lowest BCUT2D eigenvalue weighted by atomic mass is 10.0. The Morgan fingerprint density at radius 1 is 1.16 bits per heavy atom. The predicted octanol–water partition coefficient (Wildman–Crippen LogP) is 4.20. The van der Waals surface area contributed by atoms with Crippen molar-refractivity contribution >= 4 is 46.2 Å². The SMILES string of the molecule is CCc1cccc(CC)c1NC(=O)COC(=O)/C=C/c1ccc(I)o1. The summed E-state index contributed by atoms with van der Waals surface area (Å²) in [5, 5.41) is 2.85. The second kappa shape index (κ2) is 9.41. The molecule has 0 fully saturated rings. The molecule has 0 aliphatic carbocycles. The molecule has 0 saturated heterocycles. The summed E-state index contributed by atoms with van der Waals surface area (Å²) in [5.41, 5.74) is 2.94. The number of esters is 1. The average molecular weight is 453 g/mol. The van der Waals surface area contributed by atoms with Gasteiger partial charge in [-0.3, -0.25) is 4.79 Å². The van der Waals surface area contributed by atoms with Crippen molar-refractivity contribution in [3.63, 3.8) is 0 Å². The van der Waals surface area contributed by atoms with Crippen molar-refractivity contribution in [2.45, 2.75) is 26.7 Å². The molecule has 0 saturated carbocycles. The first-order valence-electron chi connectivity index (χ1n) is 8.04. The molecule has 0 unspecified atom stereocenters. The van der Waals surface area contributed by atoms with Crippen LogP contribution in [0.25, 0.3) is 6.08 Å². The maximum absolute atomic E-state index is 12.1. The van der Waals surface area contributed by atoms with Crippen LogP contribution in [0.4, 0.5) is 5.69 Å². The van der Waals surface area contributed by atoms with E-state index in [1.54, 1.807) is 12.1 Å². The van der Waals surface area contributed by atoms with E-state index in [4.69, 9.17) is 9.15 Å². The van der Waals surface area contributed by atoms with Gasteiger partial charge >= 0.3 is 5.97 Å². The zero-order chi connectivity index (χ0) is 18.2. The van der Waals surface area contributed by atoms with Gasteiger partial charge in [-0.1, -0.05) is 32.0 Å². The summed E-state index contributed by atoms with van der Waals surface area (Å²) >= 11 is 2.04. The number of carbonyl (C=O) groups is 2. The highest BCUT2D eigenvalue weighted by Gasteiger charge is 2.11. The molecule has 1 amide bonds. The van der Waals surface area contributed by atoms with Crippen molar-refractivity contribution in [2.75, 3.05) is 11.9 Å². The van der Waals surface area contributed by atoms with Crippen LogP contribution in [0.3, 0.4) is 0 Å². The van der Waals surface area contributed by atoms with Gasteiger partial charge in [0.15, 0.2) is 10.4 Å². The number of furan rings is 1. The molecule has 1 N–H and O–H groups in total. The Morgan fingerprint density at radius 3 is 2.40 bits per heavy atom. The molecule has 25 heavy (non-hydrogen) atoms. The Morgan fingerprint density at radius 2 is 1.84 bits per heavy atom. The Bertz CT molecular complexity index is 757. The van der Waals surface area contributed by atoms with E-state index >= 15 is 0 Å². The predicted molar refractivity (Wildman–Crippen MR) is 105 cm³/mol. The fraction of sp³-hybridized carbons (Fsp3) is 0.263. The van der Waals surface area contributed by atoms with Crippen LogP contribution < -0.4 is 5.32 Å². The van der Waals surface area contributed by atoms with Crippen molar-refractivity contribution in [1.29, 1.82) is 0 Å². The minimum absolute atomic E-state index is 0.333. The summed E-state index contributed by atoms with van der Waals surface area (Å²) in [7, 11) is 0. The van der Waals surface area contributed by atoms with E-state index < -0.39 is 5.97 Å². The number of ether oxygens (including phenoxy) is 1. The molecule has 2 rings (SSSR count). The summed E-state index contributed by atoms with van der Waals surface area (Å²) in [6.45, 7) is 3.73. The minimum atomic E-state index is -0.596. The van der Waals surface area contributed by atoms with Gasteiger partial charge in [-0.2, -0.15) is 0 Å². The summed E-state index contributed by atoms with van der Waals surface area (Å²) in [6.07, 6.45) is 4.37. The molecule has 0 bridgehead atoms. The van der Waals surface area contributed by atoms with E-state index in [1.165, 1.54) is 12.2 Å². The molecule has 5 nitrogen and oxygen atoms in total. The normalized spacial score (nSPS) is 10.8. The molecule has 1 aromatic carbocycles. The lowest BCUT2D eigenvalue weighted by molar-refractivity contribution is -0.142. The highest BCUT2D eigenvalue weighted by Crippen LogP contribution is 2.22. The molecule has 0 spiro atoms. The number of carbonyl (C=O) groups excluding carboxylic acids is 2. The van der Waals surface area contributed by atoms with Crippen molar-refractivity contribution in [1.82, 2.24) is 0 Å². The number of amides is 1. The van der Waals surface area contributed by atoms with Crippen molar-refractivity contribution < 1.29 is 18.7 Å². The van der Waals surface area contributed by atoms with Crippen LogP contribution >= 0.6 is 22.6 Å². The Balaban J connectivity index is 1.90. The van der Waals surface area contributed by atoms with Crippen LogP contribution in [-0.2, 0) is 27.2 Å². The lowest BCUT2D eigenvalue weighted by Crippen LogP contribution is -2.21. The van der Waals surface area contributed by atoms with E-state index in [0.29, 0.717) is 5.76 Å². The number of halogens is 1. The number of para-hydroxylation sites is 1. The highest BCUT2D eigenvalue weighted by atomic mass is 127. The van der Waals surface area contributed by atoms with Crippen LogP contribution in [-0.4, -0.2) is 18.5 Å². The van der Waals surface area contributed by atoms with Crippen LogP contribution in [0.1, 0.15) is 30.7 Å². The maximum Gasteiger partial charge on any atom is 0.331 e. The Kier molecular flexibility index (Phi) is 7.24. The number of hydrogen-bond acceptors (Lipinski definition) is 4. The van der Waals surface area contributed by atoms with Gasteiger partial charge < -0.3 is 14.5 Å². The van der Waals surface area contributed by atoms with E-state index in [-0.39, 0.29) is 12.5 Å². The Hall–Kier alpha value is -2.09. The second-order valence-electron chi connectivity index (χ2n) is 5.29. The zero-order valence-corrected chi connectivity index (χ0v) is 16.3. The average Bonchev–Trinajstić information content (AvgIpc) is 3.03. The second-order valence-corrected chi connectivity index (χ2v) is 6.35. The highest BCUT2D eigenvalue weighted by molar-refractivity contribution is 14.1. The molecular formula is C19H20INO4. The number of nitrogens with one attached hydrogen (secondary N) is 1. The number of rotatable bonds is 7. The molecule has 1 heterocycles. The van der Waals surface area contributed by atoms with Crippen LogP contribution in [0.5, 0.6) is 0 Å². The molecule has 0 atom stereocenters. The summed E-state index contributed by atoms with van der Waals surface area (Å²) in [4.78, 5) is 23.8. The standard InChI is InChI=1S/C19H20INO4/c1-3-13-6-5-7-14(4-2)19(13)21-17(22)12-24-18(23)11-9-15-8-10-16(20)25-15/h5-11H,3-4,12H2,1-2H3,(H,21,22)/b11-9+. The molecule has 132 valence electrons. The number of benzene rings is 1. The van der Waals surface area contributed by atoms with Crippen LogP contribution in [0.2, 0.25) is 0 Å². The number of aryl methyl sites for hydroxylation is 2. The molecule has 0 aliphatic heterocycles. The smallest absolute Gasteiger partial charge is 0.331 e. The monoisotopic (exact) mass is 453 g/mol. The summed E-state index contributed by atoms with van der Waals surface area (Å²) in [5.74, 6) is -0.402. The molecule has 1 aromatic heterocycles. The first-order chi connectivity index (χ1) is 12.0. The number of hydrogen-bond donors (Lipinski definition) is 1. The Labute approximate surface area is 160 Å². The van der Waals surface area contributed by atoms with E-state index in [2.05, 4.69) is 5.32 Å². The van der Waals surface area contributed by atoms with Gasteiger partial charge in [-0.15, -0.1) is 0 Å².